The van der Waals surface area contributed by atoms with Crippen LogP contribution >= 0.6 is 11.9 Å². The van der Waals surface area contributed by atoms with E-state index in [1.54, 1.807) is 16.8 Å². The number of carbonyl (C=O) groups excluding carboxylic acids is 3. The first-order valence-electron chi connectivity index (χ1n) is 10.9. The zero-order chi connectivity index (χ0) is 23.3. The zero-order valence-corrected chi connectivity index (χ0v) is 21.1. The summed E-state index contributed by atoms with van der Waals surface area (Å²) in [7, 11) is 0. The summed E-state index contributed by atoms with van der Waals surface area (Å²) < 4.78 is 2.20. The van der Waals surface area contributed by atoms with E-state index in [4.69, 9.17) is 0 Å². The summed E-state index contributed by atoms with van der Waals surface area (Å²) in [6.07, 6.45) is 3.53. The van der Waals surface area contributed by atoms with Crippen LogP contribution in [0.4, 0.5) is 4.79 Å². The first-order valence-corrected chi connectivity index (χ1v) is 12.1. The Balaban J connectivity index is 2.97. The first-order chi connectivity index (χ1) is 13.7. The van der Waals surface area contributed by atoms with E-state index in [9.17, 15) is 14.4 Å². The van der Waals surface area contributed by atoms with E-state index in [1.807, 2.05) is 27.0 Å². The molecule has 174 valence electrons. The highest BCUT2D eigenvalue weighted by molar-refractivity contribution is 7.96. The maximum Gasteiger partial charge on any atom is 0.315 e. The summed E-state index contributed by atoms with van der Waals surface area (Å²) in [5, 5.41) is 6.02. The molecule has 1 heterocycles. The number of hydrogen-bond donors (Lipinski definition) is 2. The summed E-state index contributed by atoms with van der Waals surface area (Å²) in [5.41, 5.74) is -0.624. The van der Waals surface area contributed by atoms with Gasteiger partial charge in [0.15, 0.2) is 5.78 Å². The Hall–Kier alpha value is -1.28. The Morgan fingerprint density at radius 1 is 1.10 bits per heavy atom. The molecular weight excluding hydrogens is 400 g/mol. The lowest BCUT2D eigenvalue weighted by Gasteiger charge is -2.38. The number of nitrogens with zero attached hydrogens (tertiary/aromatic N) is 2. The fraction of sp³-hybridized carbons (Fsp3) is 0.864. The molecule has 1 fully saturated rings. The van der Waals surface area contributed by atoms with Crippen LogP contribution in [-0.2, 0) is 9.59 Å². The van der Waals surface area contributed by atoms with Gasteiger partial charge in [0.05, 0.1) is 6.04 Å². The van der Waals surface area contributed by atoms with Crippen LogP contribution in [0.1, 0.15) is 68.2 Å². The van der Waals surface area contributed by atoms with Crippen molar-refractivity contribution in [2.24, 2.45) is 10.8 Å². The third-order valence-electron chi connectivity index (χ3n) is 5.74. The summed E-state index contributed by atoms with van der Waals surface area (Å²) in [4.78, 5) is 39.9. The second-order valence-corrected chi connectivity index (χ2v) is 11.2. The van der Waals surface area contributed by atoms with Gasteiger partial charge >= 0.3 is 6.03 Å². The first kappa shape index (κ1) is 26.8. The number of urea groups is 1. The summed E-state index contributed by atoms with van der Waals surface area (Å²) in [5.74, 6) is -0.176. The molecule has 3 unspecified atom stereocenters. The second kappa shape index (κ2) is 10.8. The molecule has 0 radical (unpaired) electrons. The smallest absolute Gasteiger partial charge is 0.315 e. The van der Waals surface area contributed by atoms with Gasteiger partial charge in [-0.25, -0.2) is 9.10 Å². The van der Waals surface area contributed by atoms with Crippen molar-refractivity contribution in [2.75, 3.05) is 25.9 Å². The Bertz CT molecular complexity index is 608. The minimum atomic E-state index is -0.708. The van der Waals surface area contributed by atoms with Crippen molar-refractivity contribution >= 4 is 29.7 Å². The van der Waals surface area contributed by atoms with Crippen LogP contribution in [0.2, 0.25) is 0 Å². The lowest BCUT2D eigenvalue weighted by molar-refractivity contribution is -0.140. The molecule has 8 heteroatoms. The van der Waals surface area contributed by atoms with E-state index >= 15 is 0 Å². The molecule has 3 amide bonds. The minimum absolute atomic E-state index is 0.00230. The monoisotopic (exact) mass is 442 g/mol. The number of rotatable bonds is 8. The van der Waals surface area contributed by atoms with Crippen molar-refractivity contribution in [3.8, 4) is 0 Å². The molecule has 0 aromatic heterocycles. The molecule has 30 heavy (non-hydrogen) atoms. The molecule has 0 spiro atoms. The van der Waals surface area contributed by atoms with Gasteiger partial charge < -0.3 is 15.5 Å². The molecular formula is C22H42N4O3S. The van der Waals surface area contributed by atoms with E-state index in [0.717, 1.165) is 13.0 Å². The molecule has 2 N–H and O–H groups in total. The highest BCUT2D eigenvalue weighted by atomic mass is 32.2. The predicted octanol–water partition coefficient (Wildman–Crippen LogP) is 3.29. The fourth-order valence-corrected chi connectivity index (χ4v) is 4.23. The summed E-state index contributed by atoms with van der Waals surface area (Å²) in [6, 6.07) is -1.52. The van der Waals surface area contributed by atoms with Gasteiger partial charge in [-0.3, -0.25) is 9.59 Å². The van der Waals surface area contributed by atoms with Crippen molar-refractivity contribution < 1.29 is 14.4 Å². The molecule has 0 bridgehead atoms. The van der Waals surface area contributed by atoms with Crippen LogP contribution in [0.5, 0.6) is 0 Å². The van der Waals surface area contributed by atoms with Crippen LogP contribution in [0, 0.1) is 10.8 Å². The largest absolute Gasteiger partial charge is 0.334 e. The van der Waals surface area contributed by atoms with Gasteiger partial charge in [-0.2, -0.15) is 0 Å². The third kappa shape index (κ3) is 7.45. The van der Waals surface area contributed by atoms with Gasteiger partial charge in [-0.05, 0) is 36.9 Å². The van der Waals surface area contributed by atoms with Gasteiger partial charge in [0.2, 0.25) is 5.91 Å². The van der Waals surface area contributed by atoms with E-state index in [1.165, 1.54) is 6.92 Å². The van der Waals surface area contributed by atoms with Crippen LogP contribution in [0.15, 0.2) is 0 Å². The van der Waals surface area contributed by atoms with Crippen LogP contribution in [-0.4, -0.2) is 70.9 Å². The second-order valence-electron chi connectivity index (χ2n) is 10.3. The molecule has 0 aromatic rings. The molecule has 1 rings (SSSR count). The Labute approximate surface area is 187 Å². The minimum Gasteiger partial charge on any atom is -0.334 e. The lowest BCUT2D eigenvalue weighted by Crippen LogP contribution is -2.60. The number of nitrogens with one attached hydrogen (secondary N) is 2. The number of likely N-dealkylation sites (N-methyl/N-ethyl adjacent to an activating group) is 1. The molecule has 0 aliphatic carbocycles. The van der Waals surface area contributed by atoms with Crippen molar-refractivity contribution in [3.63, 3.8) is 0 Å². The Morgan fingerprint density at radius 2 is 1.70 bits per heavy atom. The number of hydrogen-bond acceptors (Lipinski definition) is 5. The fourth-order valence-electron chi connectivity index (χ4n) is 3.67. The van der Waals surface area contributed by atoms with Gasteiger partial charge in [-0.1, -0.05) is 60.4 Å². The molecule has 1 aliphatic heterocycles. The maximum atomic E-state index is 13.3. The van der Waals surface area contributed by atoms with Crippen LogP contribution in [0.3, 0.4) is 0 Å². The standard InChI is InChI=1S/C22H42N4O3S/c1-10-25(30-9)14-17(21(3,4)5)23-20(29)24-18(22(6,7)8)19(28)26-13-11-12-16(26)15(2)27/h16-18H,10-14H2,1-9H3,(H2,23,24,29). The van der Waals surface area contributed by atoms with E-state index < -0.39 is 11.5 Å². The quantitative estimate of drug-likeness (QED) is 0.564. The highest BCUT2D eigenvalue weighted by Crippen LogP contribution is 2.26. The molecule has 0 saturated carbocycles. The Kier molecular flexibility index (Phi) is 9.67. The van der Waals surface area contributed by atoms with Crippen molar-refractivity contribution in [3.05, 3.63) is 0 Å². The average molecular weight is 443 g/mol. The molecule has 1 saturated heterocycles. The zero-order valence-electron chi connectivity index (χ0n) is 20.3. The number of ketones is 1. The SMILES string of the molecule is CCN(CC(NC(=O)NC(C(=O)N1CCCC1C(C)=O)C(C)(C)C)C(C)(C)C)SC. The van der Waals surface area contributed by atoms with Crippen molar-refractivity contribution in [1.82, 2.24) is 19.8 Å². The van der Waals surface area contributed by atoms with Crippen molar-refractivity contribution in [2.45, 2.75) is 86.4 Å². The third-order valence-corrected chi connectivity index (χ3v) is 6.67. The summed E-state index contributed by atoms with van der Waals surface area (Å²) in [6.45, 7) is 17.9. The van der Waals surface area contributed by atoms with Gasteiger partial charge in [0, 0.05) is 25.7 Å². The van der Waals surface area contributed by atoms with E-state index in [2.05, 4.69) is 42.6 Å². The van der Waals surface area contributed by atoms with Gasteiger partial charge in [0.1, 0.15) is 6.04 Å². The highest BCUT2D eigenvalue weighted by Gasteiger charge is 2.41. The number of amides is 3. The molecule has 1 aliphatic rings. The van der Waals surface area contributed by atoms with Crippen LogP contribution < -0.4 is 10.6 Å². The van der Waals surface area contributed by atoms with E-state index in [-0.39, 0.29) is 35.2 Å². The number of Topliss-reactive ketones (excluding diaryl/α,β-unsaturated/α-hetero) is 1. The topological polar surface area (TPSA) is 81.8 Å². The Morgan fingerprint density at radius 3 is 2.13 bits per heavy atom. The molecule has 7 nitrogen and oxygen atoms in total. The average Bonchev–Trinajstić information content (AvgIpc) is 3.10. The van der Waals surface area contributed by atoms with Gasteiger partial charge in [0.25, 0.3) is 0 Å². The summed E-state index contributed by atoms with van der Waals surface area (Å²) >= 11 is 1.65. The van der Waals surface area contributed by atoms with Gasteiger partial charge in [-0.15, -0.1) is 0 Å². The van der Waals surface area contributed by atoms with Crippen LogP contribution in [0.25, 0.3) is 0 Å². The molecule has 0 aromatic carbocycles. The molecule has 3 atom stereocenters. The number of likely N-dealkylation sites (tertiary alicyclic amines) is 1. The predicted molar refractivity (Wildman–Crippen MR) is 124 cm³/mol. The van der Waals surface area contributed by atoms with Crippen molar-refractivity contribution in [1.29, 1.82) is 0 Å². The van der Waals surface area contributed by atoms with E-state index in [0.29, 0.717) is 19.5 Å². The lowest BCUT2D eigenvalue weighted by atomic mass is 9.85. The normalized spacial score (nSPS) is 19.5. The maximum absolute atomic E-state index is 13.3. The number of carbonyl (C=O) groups is 3.